The van der Waals surface area contributed by atoms with Crippen LogP contribution in [0.2, 0.25) is 0 Å². The van der Waals surface area contributed by atoms with Crippen molar-refractivity contribution in [3.05, 3.63) is 11.1 Å². The standard InChI is InChI=1S/C5H7NS/c1-2-4(1)5-3-7-6-5/h3-4,6H,1-2H2. The largest absolute Gasteiger partial charge is 0.314 e. The Morgan fingerprint density at radius 2 is 2.43 bits per heavy atom. The molecule has 2 rings (SSSR count). The van der Waals surface area contributed by atoms with Crippen molar-refractivity contribution in [3.63, 3.8) is 0 Å². The Kier molecular flexibility index (Phi) is 0.600. The molecule has 0 aliphatic heterocycles. The van der Waals surface area contributed by atoms with E-state index in [2.05, 4.69) is 9.75 Å². The second kappa shape index (κ2) is 1.13. The van der Waals surface area contributed by atoms with Crippen LogP contribution in [0.1, 0.15) is 24.5 Å². The van der Waals surface area contributed by atoms with Gasteiger partial charge in [-0.05, 0) is 12.8 Å². The topological polar surface area (TPSA) is 15.8 Å². The number of aromatic amines is 1. The fourth-order valence-electron chi connectivity index (χ4n) is 0.701. The molecule has 1 nitrogen and oxygen atoms in total. The molecule has 1 aromatic heterocycles. The lowest BCUT2D eigenvalue weighted by molar-refractivity contribution is 1.06. The van der Waals surface area contributed by atoms with E-state index in [0.29, 0.717) is 0 Å². The normalized spacial score (nSPS) is 20.6. The molecule has 7 heavy (non-hydrogen) atoms. The van der Waals surface area contributed by atoms with Gasteiger partial charge in [-0.15, -0.1) is 0 Å². The van der Waals surface area contributed by atoms with Crippen LogP contribution in [0.4, 0.5) is 0 Å². The van der Waals surface area contributed by atoms with Crippen molar-refractivity contribution in [2.75, 3.05) is 0 Å². The summed E-state index contributed by atoms with van der Waals surface area (Å²) in [5, 5.41) is 2.21. The summed E-state index contributed by atoms with van der Waals surface area (Å²) in [7, 11) is 0. The first-order valence-electron chi connectivity index (χ1n) is 2.58. The van der Waals surface area contributed by atoms with Gasteiger partial charge in [0.2, 0.25) is 0 Å². The lowest BCUT2D eigenvalue weighted by Crippen LogP contribution is -1.81. The summed E-state index contributed by atoms with van der Waals surface area (Å²) in [5.41, 5.74) is 1.48. The third kappa shape index (κ3) is 0.500. The Labute approximate surface area is 46.5 Å². The van der Waals surface area contributed by atoms with Gasteiger partial charge in [0.05, 0.1) is 0 Å². The predicted molar refractivity (Wildman–Crippen MR) is 30.6 cm³/mol. The molecule has 2 heteroatoms. The van der Waals surface area contributed by atoms with Crippen molar-refractivity contribution < 1.29 is 0 Å². The molecule has 0 amide bonds. The Balaban J connectivity index is 2.17. The third-order valence-corrected chi connectivity index (χ3v) is 2.11. The quantitative estimate of drug-likeness (QED) is 0.573. The minimum Gasteiger partial charge on any atom is -0.314 e. The van der Waals surface area contributed by atoms with Gasteiger partial charge in [-0.3, -0.25) is 0 Å². The molecule has 0 saturated heterocycles. The predicted octanol–water partition coefficient (Wildman–Crippen LogP) is 1.95. The second-order valence-corrected chi connectivity index (χ2v) is 2.74. The molecule has 0 spiro atoms. The van der Waals surface area contributed by atoms with Gasteiger partial charge < -0.3 is 4.37 Å². The van der Waals surface area contributed by atoms with Crippen molar-refractivity contribution in [1.29, 1.82) is 0 Å². The van der Waals surface area contributed by atoms with Crippen molar-refractivity contribution in [2.45, 2.75) is 18.8 Å². The van der Waals surface area contributed by atoms with Gasteiger partial charge >= 0.3 is 0 Å². The molecule has 1 aliphatic rings. The van der Waals surface area contributed by atoms with Crippen LogP contribution in [0.15, 0.2) is 5.38 Å². The molecular weight excluding hydrogens is 106 g/mol. The Hall–Kier alpha value is -0.240. The zero-order valence-corrected chi connectivity index (χ0v) is 4.79. The summed E-state index contributed by atoms with van der Waals surface area (Å²) in [6.07, 6.45) is 2.83. The first kappa shape index (κ1) is 3.72. The van der Waals surface area contributed by atoms with E-state index in [-0.39, 0.29) is 0 Å². The van der Waals surface area contributed by atoms with Crippen LogP contribution in [0.3, 0.4) is 0 Å². The Morgan fingerprint density at radius 3 is 2.57 bits per heavy atom. The molecule has 0 atom stereocenters. The molecule has 0 aromatic carbocycles. The molecular formula is C5H7NS. The van der Waals surface area contributed by atoms with E-state index in [1.807, 2.05) is 0 Å². The lowest BCUT2D eigenvalue weighted by atomic mass is 10.3. The van der Waals surface area contributed by atoms with Gasteiger partial charge in [0.15, 0.2) is 0 Å². The lowest BCUT2D eigenvalue weighted by Gasteiger charge is -1.96. The molecule has 0 unspecified atom stereocenters. The summed E-state index contributed by atoms with van der Waals surface area (Å²) in [6.45, 7) is 0. The molecule has 0 radical (unpaired) electrons. The van der Waals surface area contributed by atoms with Gasteiger partial charge in [0.1, 0.15) is 0 Å². The van der Waals surface area contributed by atoms with E-state index >= 15 is 0 Å². The third-order valence-electron chi connectivity index (χ3n) is 1.38. The van der Waals surface area contributed by atoms with E-state index in [4.69, 9.17) is 0 Å². The molecule has 1 saturated carbocycles. The summed E-state index contributed by atoms with van der Waals surface area (Å²) in [4.78, 5) is 0. The zero-order chi connectivity index (χ0) is 4.69. The average Bonchev–Trinajstić information content (AvgIpc) is 2.10. The highest BCUT2D eigenvalue weighted by molar-refractivity contribution is 7.04. The molecule has 1 aliphatic carbocycles. The monoisotopic (exact) mass is 113 g/mol. The maximum absolute atomic E-state index is 3.19. The van der Waals surface area contributed by atoms with Gasteiger partial charge in [-0.1, -0.05) is 11.5 Å². The van der Waals surface area contributed by atoms with Crippen LogP contribution in [-0.2, 0) is 0 Å². The fourth-order valence-corrected chi connectivity index (χ4v) is 1.31. The van der Waals surface area contributed by atoms with Crippen molar-refractivity contribution in [2.24, 2.45) is 0 Å². The molecule has 1 aromatic rings. The van der Waals surface area contributed by atoms with E-state index in [1.165, 1.54) is 18.5 Å². The summed E-state index contributed by atoms with van der Waals surface area (Å²) < 4.78 is 3.19. The summed E-state index contributed by atoms with van der Waals surface area (Å²) in [6, 6.07) is 0. The van der Waals surface area contributed by atoms with E-state index in [0.717, 1.165) is 5.92 Å². The van der Waals surface area contributed by atoms with Crippen LogP contribution in [-0.4, -0.2) is 4.37 Å². The smallest absolute Gasteiger partial charge is 0.0394 e. The highest BCUT2D eigenvalue weighted by Gasteiger charge is 2.24. The molecule has 1 fully saturated rings. The van der Waals surface area contributed by atoms with Gasteiger partial charge in [0, 0.05) is 17.0 Å². The van der Waals surface area contributed by atoms with Crippen molar-refractivity contribution in [3.8, 4) is 0 Å². The Bertz CT molecular complexity index is 141. The fraction of sp³-hybridized carbons (Fsp3) is 0.600. The minimum absolute atomic E-state index is 0.932. The second-order valence-electron chi connectivity index (χ2n) is 2.07. The Morgan fingerprint density at radius 1 is 1.71 bits per heavy atom. The van der Waals surface area contributed by atoms with Crippen LogP contribution in [0.25, 0.3) is 0 Å². The average molecular weight is 113 g/mol. The SMILES string of the molecule is c1s[nH]c1C1CC1. The highest BCUT2D eigenvalue weighted by atomic mass is 32.1. The molecule has 38 valence electrons. The number of hydrogen-bond acceptors (Lipinski definition) is 1. The number of nitrogens with one attached hydrogen (secondary N) is 1. The highest BCUT2D eigenvalue weighted by Crippen LogP contribution is 2.40. The number of H-pyrrole nitrogens is 1. The maximum Gasteiger partial charge on any atom is 0.0394 e. The molecule has 0 bridgehead atoms. The minimum atomic E-state index is 0.932. The maximum atomic E-state index is 3.19. The van der Waals surface area contributed by atoms with Crippen LogP contribution >= 0.6 is 11.5 Å². The first-order valence-corrected chi connectivity index (χ1v) is 3.46. The van der Waals surface area contributed by atoms with Crippen molar-refractivity contribution in [1.82, 2.24) is 4.37 Å². The zero-order valence-electron chi connectivity index (χ0n) is 3.98. The summed E-state index contributed by atoms with van der Waals surface area (Å²) in [5.74, 6) is 0.932. The van der Waals surface area contributed by atoms with E-state index in [1.54, 1.807) is 11.5 Å². The molecule has 1 N–H and O–H groups in total. The van der Waals surface area contributed by atoms with E-state index < -0.39 is 0 Å². The van der Waals surface area contributed by atoms with Crippen LogP contribution in [0, 0.1) is 0 Å². The van der Waals surface area contributed by atoms with Crippen LogP contribution in [0.5, 0.6) is 0 Å². The van der Waals surface area contributed by atoms with E-state index in [9.17, 15) is 0 Å². The number of aromatic nitrogens is 1. The van der Waals surface area contributed by atoms with Crippen molar-refractivity contribution >= 4 is 11.5 Å². The first-order chi connectivity index (χ1) is 3.47. The number of hydrogen-bond donors (Lipinski definition) is 1. The number of rotatable bonds is 1. The van der Waals surface area contributed by atoms with Gasteiger partial charge in [-0.25, -0.2) is 0 Å². The summed E-state index contributed by atoms with van der Waals surface area (Å²) >= 11 is 1.70. The van der Waals surface area contributed by atoms with Gasteiger partial charge in [0.25, 0.3) is 0 Å². The van der Waals surface area contributed by atoms with Crippen LogP contribution < -0.4 is 0 Å². The molecule has 1 heterocycles. The van der Waals surface area contributed by atoms with Gasteiger partial charge in [-0.2, -0.15) is 0 Å².